The molecule has 116 valence electrons. The van der Waals surface area contributed by atoms with Crippen LogP contribution in [-0.4, -0.2) is 30.3 Å². The summed E-state index contributed by atoms with van der Waals surface area (Å²) in [6.07, 6.45) is 3.74. The fourth-order valence-electron chi connectivity index (χ4n) is 3.23. The summed E-state index contributed by atoms with van der Waals surface area (Å²) < 4.78 is 5.23. The molecule has 21 heavy (non-hydrogen) atoms. The van der Waals surface area contributed by atoms with E-state index in [9.17, 15) is 9.90 Å². The second kappa shape index (κ2) is 6.35. The molecule has 1 aromatic carbocycles. The number of amides is 1. The van der Waals surface area contributed by atoms with Crippen LogP contribution >= 0.6 is 0 Å². The molecule has 1 amide bonds. The normalized spacial score (nSPS) is 25.4. The predicted molar refractivity (Wildman–Crippen MR) is 82.3 cm³/mol. The van der Waals surface area contributed by atoms with Crippen molar-refractivity contribution in [2.24, 2.45) is 5.92 Å². The molecule has 0 radical (unpaired) electrons. The molecule has 1 fully saturated rings. The second-order valence-electron chi connectivity index (χ2n) is 6.02. The summed E-state index contributed by atoms with van der Waals surface area (Å²) in [6, 6.07) is 5.10. The molecule has 2 atom stereocenters. The van der Waals surface area contributed by atoms with Gasteiger partial charge in [-0.25, -0.2) is 0 Å². The van der Waals surface area contributed by atoms with Gasteiger partial charge in [-0.15, -0.1) is 0 Å². The molecule has 1 saturated carbocycles. The number of ether oxygens (including phenoxy) is 1. The molecule has 5 heteroatoms. The Morgan fingerprint density at radius 2 is 2.33 bits per heavy atom. The standard InChI is InChI=1S/C16H24N2O3/c1-11-5-4-8-16(9-11,10-19)18-15(20)12-6-3-7-13(17)14(12)21-2/h3,6-7,11,19H,4-5,8-10,17H2,1-2H3,(H,18,20). The first kappa shape index (κ1) is 15.6. The number of carbonyl (C=O) groups excluding carboxylic acids is 1. The summed E-state index contributed by atoms with van der Waals surface area (Å²) in [7, 11) is 1.49. The number of nitrogens with one attached hydrogen (secondary N) is 1. The van der Waals surface area contributed by atoms with Crippen molar-refractivity contribution in [2.45, 2.75) is 38.1 Å². The van der Waals surface area contributed by atoms with Crippen LogP contribution in [0.4, 0.5) is 5.69 Å². The number of rotatable bonds is 4. The maximum Gasteiger partial charge on any atom is 0.255 e. The van der Waals surface area contributed by atoms with Gasteiger partial charge in [0.1, 0.15) is 0 Å². The molecule has 0 spiro atoms. The lowest BCUT2D eigenvalue weighted by Crippen LogP contribution is -2.53. The summed E-state index contributed by atoms with van der Waals surface area (Å²) in [5.74, 6) is 0.628. The van der Waals surface area contributed by atoms with Gasteiger partial charge in [0, 0.05) is 0 Å². The fraction of sp³-hybridized carbons (Fsp3) is 0.562. The quantitative estimate of drug-likeness (QED) is 0.741. The summed E-state index contributed by atoms with van der Waals surface area (Å²) in [5, 5.41) is 12.8. The third kappa shape index (κ3) is 3.29. The van der Waals surface area contributed by atoms with E-state index in [1.807, 2.05) is 0 Å². The number of aliphatic hydroxyl groups excluding tert-OH is 1. The van der Waals surface area contributed by atoms with Gasteiger partial charge in [0.25, 0.3) is 5.91 Å². The van der Waals surface area contributed by atoms with Gasteiger partial charge in [0.2, 0.25) is 0 Å². The third-order valence-corrected chi connectivity index (χ3v) is 4.27. The smallest absolute Gasteiger partial charge is 0.255 e. The van der Waals surface area contributed by atoms with Crippen molar-refractivity contribution in [3.05, 3.63) is 23.8 Å². The van der Waals surface area contributed by atoms with Crippen LogP contribution in [-0.2, 0) is 0 Å². The van der Waals surface area contributed by atoms with Crippen molar-refractivity contribution in [3.63, 3.8) is 0 Å². The molecule has 1 aromatic rings. The van der Waals surface area contributed by atoms with E-state index in [2.05, 4.69) is 12.2 Å². The molecule has 2 unspecified atom stereocenters. The molecule has 1 aliphatic carbocycles. The van der Waals surface area contributed by atoms with Gasteiger partial charge in [-0.05, 0) is 30.9 Å². The van der Waals surface area contributed by atoms with Gasteiger partial charge in [-0.3, -0.25) is 4.79 Å². The van der Waals surface area contributed by atoms with E-state index in [1.54, 1.807) is 18.2 Å². The molecule has 2 rings (SSSR count). The van der Waals surface area contributed by atoms with Crippen molar-refractivity contribution in [1.82, 2.24) is 5.32 Å². The molecule has 4 N–H and O–H groups in total. The Bertz CT molecular complexity index is 518. The number of methoxy groups -OCH3 is 1. The van der Waals surface area contributed by atoms with E-state index in [4.69, 9.17) is 10.5 Å². The number of aliphatic hydroxyl groups is 1. The minimum Gasteiger partial charge on any atom is -0.494 e. The Hall–Kier alpha value is -1.75. The van der Waals surface area contributed by atoms with Crippen LogP contribution in [0.25, 0.3) is 0 Å². The van der Waals surface area contributed by atoms with Crippen molar-refractivity contribution in [2.75, 3.05) is 19.5 Å². The van der Waals surface area contributed by atoms with Crippen LogP contribution in [0.2, 0.25) is 0 Å². The van der Waals surface area contributed by atoms with Crippen molar-refractivity contribution in [1.29, 1.82) is 0 Å². The summed E-state index contributed by atoms with van der Waals surface area (Å²) in [5.41, 5.74) is 6.14. The largest absolute Gasteiger partial charge is 0.494 e. The SMILES string of the molecule is COc1c(N)cccc1C(=O)NC1(CO)CCCC(C)C1. The number of anilines is 1. The Morgan fingerprint density at radius 3 is 2.95 bits per heavy atom. The highest BCUT2D eigenvalue weighted by Crippen LogP contribution is 2.33. The molecule has 0 heterocycles. The van der Waals surface area contributed by atoms with E-state index in [-0.39, 0.29) is 12.5 Å². The zero-order valence-electron chi connectivity index (χ0n) is 12.7. The highest BCUT2D eigenvalue weighted by atomic mass is 16.5. The minimum atomic E-state index is -0.537. The first-order chi connectivity index (χ1) is 10.0. The fourth-order valence-corrected chi connectivity index (χ4v) is 3.23. The van der Waals surface area contributed by atoms with Crippen LogP contribution < -0.4 is 15.8 Å². The number of hydrogen-bond donors (Lipinski definition) is 3. The number of nitrogens with two attached hydrogens (primary N) is 1. The first-order valence-electron chi connectivity index (χ1n) is 7.37. The molecular formula is C16H24N2O3. The molecule has 1 aliphatic rings. The highest BCUT2D eigenvalue weighted by molar-refractivity contribution is 5.99. The maximum absolute atomic E-state index is 12.6. The maximum atomic E-state index is 12.6. The highest BCUT2D eigenvalue weighted by Gasteiger charge is 2.36. The Morgan fingerprint density at radius 1 is 1.57 bits per heavy atom. The van der Waals surface area contributed by atoms with Gasteiger partial charge >= 0.3 is 0 Å². The van der Waals surface area contributed by atoms with E-state index < -0.39 is 5.54 Å². The van der Waals surface area contributed by atoms with Gasteiger partial charge in [-0.1, -0.05) is 25.8 Å². The monoisotopic (exact) mass is 292 g/mol. The Balaban J connectivity index is 2.22. The summed E-state index contributed by atoms with van der Waals surface area (Å²) in [6.45, 7) is 2.10. The van der Waals surface area contributed by atoms with Crippen molar-refractivity contribution in [3.8, 4) is 5.75 Å². The summed E-state index contributed by atoms with van der Waals surface area (Å²) >= 11 is 0. The van der Waals surface area contributed by atoms with E-state index in [0.717, 1.165) is 25.7 Å². The zero-order chi connectivity index (χ0) is 15.5. The number of benzene rings is 1. The average Bonchev–Trinajstić information content (AvgIpc) is 2.47. The Labute approximate surface area is 125 Å². The van der Waals surface area contributed by atoms with Crippen LogP contribution in [0.5, 0.6) is 5.75 Å². The molecule has 5 nitrogen and oxygen atoms in total. The zero-order valence-corrected chi connectivity index (χ0v) is 12.7. The number of hydrogen-bond acceptors (Lipinski definition) is 4. The Kier molecular flexibility index (Phi) is 4.73. The molecule has 0 aromatic heterocycles. The third-order valence-electron chi connectivity index (χ3n) is 4.27. The van der Waals surface area contributed by atoms with Gasteiger partial charge in [0.05, 0.1) is 30.5 Å². The average molecular weight is 292 g/mol. The second-order valence-corrected chi connectivity index (χ2v) is 6.02. The van der Waals surface area contributed by atoms with Crippen LogP contribution in [0.1, 0.15) is 43.0 Å². The molecular weight excluding hydrogens is 268 g/mol. The first-order valence-corrected chi connectivity index (χ1v) is 7.37. The molecule has 0 saturated heterocycles. The lowest BCUT2D eigenvalue weighted by molar-refractivity contribution is 0.0694. The van der Waals surface area contributed by atoms with E-state index >= 15 is 0 Å². The molecule has 0 bridgehead atoms. The topological polar surface area (TPSA) is 84.6 Å². The van der Waals surface area contributed by atoms with Gasteiger partial charge in [-0.2, -0.15) is 0 Å². The summed E-state index contributed by atoms with van der Waals surface area (Å²) in [4.78, 5) is 12.6. The number of nitrogen functional groups attached to an aromatic ring is 1. The van der Waals surface area contributed by atoms with E-state index in [1.165, 1.54) is 7.11 Å². The van der Waals surface area contributed by atoms with Crippen LogP contribution in [0.3, 0.4) is 0 Å². The number of carbonyl (C=O) groups is 1. The number of para-hydroxylation sites is 1. The van der Waals surface area contributed by atoms with E-state index in [0.29, 0.717) is 22.9 Å². The lowest BCUT2D eigenvalue weighted by Gasteiger charge is -2.39. The minimum absolute atomic E-state index is 0.0479. The predicted octanol–water partition coefficient (Wildman–Crippen LogP) is 1.95. The van der Waals surface area contributed by atoms with Crippen molar-refractivity contribution >= 4 is 11.6 Å². The lowest BCUT2D eigenvalue weighted by atomic mass is 9.76. The molecule has 0 aliphatic heterocycles. The van der Waals surface area contributed by atoms with Crippen LogP contribution in [0.15, 0.2) is 18.2 Å². The van der Waals surface area contributed by atoms with Crippen LogP contribution in [0, 0.1) is 5.92 Å². The van der Waals surface area contributed by atoms with Gasteiger partial charge < -0.3 is 20.9 Å². The van der Waals surface area contributed by atoms with Gasteiger partial charge in [0.15, 0.2) is 5.75 Å². The van der Waals surface area contributed by atoms with Crippen molar-refractivity contribution < 1.29 is 14.6 Å².